The molecule has 2 aromatic rings. The molecule has 5 heteroatoms. The van der Waals surface area contributed by atoms with Crippen LogP contribution in [0, 0.1) is 20.8 Å². The molecule has 1 amide bonds. The highest BCUT2D eigenvalue weighted by Gasteiger charge is 2.56. The fraction of sp³-hybridized carbons (Fsp3) is 0.409. The second kappa shape index (κ2) is 6.98. The molecule has 0 aromatic heterocycles. The Morgan fingerprint density at radius 2 is 1.67 bits per heavy atom. The number of benzene rings is 2. The summed E-state index contributed by atoms with van der Waals surface area (Å²) in [6.45, 7) is 7.94. The number of aryl methyl sites for hydroxylation is 3. The molecule has 0 atom stereocenters. The summed E-state index contributed by atoms with van der Waals surface area (Å²) in [6, 6.07) is 12.0. The summed E-state index contributed by atoms with van der Waals surface area (Å²) in [6.07, 6.45) is 0.797. The van der Waals surface area contributed by atoms with E-state index in [9.17, 15) is 4.79 Å². The summed E-state index contributed by atoms with van der Waals surface area (Å²) in [5.74, 6) is -0.650. The Balaban J connectivity index is 1.61. The van der Waals surface area contributed by atoms with Crippen molar-refractivity contribution in [1.82, 2.24) is 0 Å². The highest BCUT2D eigenvalue weighted by molar-refractivity contribution is 6.07. The Morgan fingerprint density at radius 1 is 1.00 bits per heavy atom. The molecule has 0 unspecified atom stereocenters. The smallest absolute Gasteiger partial charge is 0.292 e. The molecule has 0 bridgehead atoms. The summed E-state index contributed by atoms with van der Waals surface area (Å²) < 4.78 is 17.8. The molecule has 1 saturated heterocycles. The van der Waals surface area contributed by atoms with Gasteiger partial charge in [0.1, 0.15) is 12.4 Å². The van der Waals surface area contributed by atoms with Crippen molar-refractivity contribution in [3.8, 4) is 5.75 Å². The minimum atomic E-state index is -1.30. The molecule has 0 saturated carbocycles. The molecule has 4 rings (SSSR count). The molecule has 2 aliphatic rings. The number of hydrogen-bond acceptors (Lipinski definition) is 4. The lowest BCUT2D eigenvalue weighted by Crippen LogP contribution is -2.48. The first-order chi connectivity index (χ1) is 13.0. The van der Waals surface area contributed by atoms with E-state index in [0.29, 0.717) is 26.4 Å². The first kappa shape index (κ1) is 18.0. The predicted molar refractivity (Wildman–Crippen MR) is 103 cm³/mol. The van der Waals surface area contributed by atoms with Crippen molar-refractivity contribution in [3.63, 3.8) is 0 Å². The number of anilines is 1. The van der Waals surface area contributed by atoms with Gasteiger partial charge in [0.2, 0.25) is 0 Å². The number of amides is 1. The Kier molecular flexibility index (Phi) is 4.66. The summed E-state index contributed by atoms with van der Waals surface area (Å²) >= 11 is 0. The first-order valence-corrected chi connectivity index (χ1v) is 9.43. The molecule has 27 heavy (non-hydrogen) atoms. The fourth-order valence-electron chi connectivity index (χ4n) is 3.85. The molecule has 142 valence electrons. The number of nitrogens with zero attached hydrogens (tertiary/aromatic N) is 1. The highest BCUT2D eigenvalue weighted by atomic mass is 16.7. The fourth-order valence-corrected chi connectivity index (χ4v) is 3.85. The maximum absolute atomic E-state index is 13.4. The van der Waals surface area contributed by atoms with Crippen molar-refractivity contribution in [2.24, 2.45) is 0 Å². The maximum Gasteiger partial charge on any atom is 0.292 e. The van der Waals surface area contributed by atoms with Gasteiger partial charge in [-0.2, -0.15) is 0 Å². The van der Waals surface area contributed by atoms with Gasteiger partial charge in [0.15, 0.2) is 0 Å². The normalized spacial score (nSPS) is 18.0. The monoisotopic (exact) mass is 367 g/mol. The topological polar surface area (TPSA) is 48.0 Å². The number of fused-ring (bicyclic) bond motifs is 2. The molecule has 1 spiro atoms. The number of carbonyl (C=O) groups excluding carboxylic acids is 1. The van der Waals surface area contributed by atoms with Gasteiger partial charge in [0.05, 0.1) is 25.4 Å². The SMILES string of the molecule is Cc1ccc(OCCN2C(=O)C3(OCCCO3)c3c(C)ccc(C)c32)cc1. The maximum atomic E-state index is 13.4. The van der Waals surface area contributed by atoms with Crippen LogP contribution in [-0.4, -0.2) is 32.3 Å². The molecule has 0 radical (unpaired) electrons. The largest absolute Gasteiger partial charge is 0.492 e. The third-order valence-electron chi connectivity index (χ3n) is 5.22. The van der Waals surface area contributed by atoms with Crippen molar-refractivity contribution in [3.05, 3.63) is 58.7 Å². The van der Waals surface area contributed by atoms with Gasteiger partial charge < -0.3 is 19.1 Å². The van der Waals surface area contributed by atoms with Gasteiger partial charge in [-0.1, -0.05) is 29.8 Å². The highest BCUT2D eigenvalue weighted by Crippen LogP contribution is 2.48. The lowest BCUT2D eigenvalue weighted by atomic mass is 9.97. The Hall–Kier alpha value is -2.37. The Morgan fingerprint density at radius 3 is 2.37 bits per heavy atom. The van der Waals surface area contributed by atoms with Crippen molar-refractivity contribution in [1.29, 1.82) is 0 Å². The van der Waals surface area contributed by atoms with Crippen LogP contribution in [0.15, 0.2) is 36.4 Å². The van der Waals surface area contributed by atoms with E-state index in [1.165, 1.54) is 5.56 Å². The summed E-state index contributed by atoms with van der Waals surface area (Å²) in [5.41, 5.74) is 4.98. The Bertz CT molecular complexity index is 853. The summed E-state index contributed by atoms with van der Waals surface area (Å²) in [4.78, 5) is 15.1. The van der Waals surface area contributed by atoms with Crippen LogP contribution >= 0.6 is 0 Å². The van der Waals surface area contributed by atoms with E-state index in [1.807, 2.05) is 57.2 Å². The van der Waals surface area contributed by atoms with E-state index in [4.69, 9.17) is 14.2 Å². The van der Waals surface area contributed by atoms with Crippen LogP contribution in [0.5, 0.6) is 5.75 Å². The van der Waals surface area contributed by atoms with Gasteiger partial charge in [-0.25, -0.2) is 0 Å². The number of carbonyl (C=O) groups is 1. The first-order valence-electron chi connectivity index (χ1n) is 9.43. The van der Waals surface area contributed by atoms with E-state index in [0.717, 1.165) is 34.5 Å². The van der Waals surface area contributed by atoms with Gasteiger partial charge in [0, 0.05) is 5.56 Å². The molecule has 2 aliphatic heterocycles. The molecule has 1 fully saturated rings. The summed E-state index contributed by atoms with van der Waals surface area (Å²) in [5, 5.41) is 0. The average molecular weight is 367 g/mol. The van der Waals surface area contributed by atoms with Crippen molar-refractivity contribution >= 4 is 11.6 Å². The minimum Gasteiger partial charge on any atom is -0.492 e. The average Bonchev–Trinajstić information content (AvgIpc) is 2.91. The number of rotatable bonds is 4. The third-order valence-corrected chi connectivity index (χ3v) is 5.22. The molecule has 2 heterocycles. The van der Waals surface area contributed by atoms with Crippen LogP contribution in [0.1, 0.15) is 28.7 Å². The molecule has 5 nitrogen and oxygen atoms in total. The zero-order valence-electron chi connectivity index (χ0n) is 16.1. The molecular weight excluding hydrogens is 342 g/mol. The molecule has 0 aliphatic carbocycles. The molecule has 2 aromatic carbocycles. The van der Waals surface area contributed by atoms with Gasteiger partial charge >= 0.3 is 0 Å². The van der Waals surface area contributed by atoms with Crippen LogP contribution in [0.3, 0.4) is 0 Å². The van der Waals surface area contributed by atoms with E-state index < -0.39 is 5.79 Å². The lowest BCUT2D eigenvalue weighted by Gasteiger charge is -2.33. The zero-order valence-corrected chi connectivity index (χ0v) is 16.1. The predicted octanol–water partition coefficient (Wildman–Crippen LogP) is 3.63. The van der Waals surface area contributed by atoms with Gasteiger partial charge in [-0.05, 0) is 50.5 Å². The third kappa shape index (κ3) is 3.01. The Labute approximate surface area is 159 Å². The zero-order chi connectivity index (χ0) is 19.0. The van der Waals surface area contributed by atoms with E-state index in [-0.39, 0.29) is 5.91 Å². The van der Waals surface area contributed by atoms with Crippen LogP contribution in [0.4, 0.5) is 5.69 Å². The van der Waals surface area contributed by atoms with Crippen LogP contribution in [0.2, 0.25) is 0 Å². The molecular formula is C22H25NO4. The second-order valence-corrected chi connectivity index (χ2v) is 7.21. The van der Waals surface area contributed by atoms with Crippen molar-refractivity contribution in [2.75, 3.05) is 31.3 Å². The summed E-state index contributed by atoms with van der Waals surface area (Å²) in [7, 11) is 0. The van der Waals surface area contributed by atoms with Crippen LogP contribution in [-0.2, 0) is 20.1 Å². The quantitative estimate of drug-likeness (QED) is 0.828. The van der Waals surface area contributed by atoms with Gasteiger partial charge in [-0.15, -0.1) is 0 Å². The second-order valence-electron chi connectivity index (χ2n) is 7.21. The van der Waals surface area contributed by atoms with Crippen LogP contribution in [0.25, 0.3) is 0 Å². The molecule has 0 N–H and O–H groups in total. The van der Waals surface area contributed by atoms with Crippen molar-refractivity contribution in [2.45, 2.75) is 33.0 Å². The van der Waals surface area contributed by atoms with E-state index in [2.05, 4.69) is 0 Å². The van der Waals surface area contributed by atoms with Crippen LogP contribution < -0.4 is 9.64 Å². The number of ether oxygens (including phenoxy) is 3. The van der Waals surface area contributed by atoms with E-state index in [1.54, 1.807) is 4.90 Å². The van der Waals surface area contributed by atoms with E-state index >= 15 is 0 Å². The lowest BCUT2D eigenvalue weighted by molar-refractivity contribution is -0.257. The standard InChI is InChI=1S/C22H25NO4/c1-15-5-9-18(10-6-15)25-14-11-23-20-17(3)8-7-16(2)19(20)22(21(23)24)26-12-4-13-27-22/h5-10H,4,11-14H2,1-3H3. The van der Waals surface area contributed by atoms with Gasteiger partial charge in [0.25, 0.3) is 11.7 Å². The minimum absolute atomic E-state index is 0.151. The number of hydrogen-bond donors (Lipinski definition) is 0. The van der Waals surface area contributed by atoms with Gasteiger partial charge in [-0.3, -0.25) is 4.79 Å². The van der Waals surface area contributed by atoms with Crippen molar-refractivity contribution < 1.29 is 19.0 Å².